The molecule has 0 radical (unpaired) electrons. The molecule has 2 rings (SSSR count). The SMILES string of the molecule is Cc1cnc(Oc2ccc(N)c(C)c2)nc1. The van der Waals surface area contributed by atoms with Crippen molar-refractivity contribution in [1.82, 2.24) is 9.97 Å². The molecule has 0 aliphatic rings. The summed E-state index contributed by atoms with van der Waals surface area (Å²) in [7, 11) is 0. The fourth-order valence-electron chi connectivity index (χ4n) is 1.25. The van der Waals surface area contributed by atoms with Crippen LogP contribution < -0.4 is 10.5 Å². The number of nitrogen functional groups attached to an aromatic ring is 1. The van der Waals surface area contributed by atoms with E-state index < -0.39 is 0 Å². The Kier molecular flexibility index (Phi) is 2.72. The molecular formula is C12H13N3O. The summed E-state index contributed by atoms with van der Waals surface area (Å²) in [6, 6.07) is 5.80. The summed E-state index contributed by atoms with van der Waals surface area (Å²) >= 11 is 0. The normalized spacial score (nSPS) is 10.1. The monoisotopic (exact) mass is 215 g/mol. The number of anilines is 1. The van der Waals surface area contributed by atoms with Gasteiger partial charge in [0.15, 0.2) is 0 Å². The third-order valence-electron chi connectivity index (χ3n) is 2.21. The Labute approximate surface area is 94.1 Å². The fraction of sp³-hybridized carbons (Fsp3) is 0.167. The average molecular weight is 215 g/mol. The Hall–Kier alpha value is -2.10. The van der Waals surface area contributed by atoms with Crippen molar-refractivity contribution in [3.8, 4) is 11.8 Å². The molecule has 2 aromatic rings. The Bertz CT molecular complexity index is 494. The van der Waals surface area contributed by atoms with Crippen molar-refractivity contribution >= 4 is 5.69 Å². The predicted octanol–water partition coefficient (Wildman–Crippen LogP) is 2.47. The molecule has 0 spiro atoms. The summed E-state index contributed by atoms with van der Waals surface area (Å²) < 4.78 is 5.49. The van der Waals surface area contributed by atoms with Crippen LogP contribution in [0.1, 0.15) is 11.1 Å². The van der Waals surface area contributed by atoms with Gasteiger partial charge in [-0.1, -0.05) is 0 Å². The Morgan fingerprint density at radius 1 is 1.12 bits per heavy atom. The van der Waals surface area contributed by atoms with Gasteiger partial charge in [-0.2, -0.15) is 0 Å². The topological polar surface area (TPSA) is 61.0 Å². The van der Waals surface area contributed by atoms with Crippen LogP contribution in [0.5, 0.6) is 11.8 Å². The first-order valence-electron chi connectivity index (χ1n) is 4.98. The molecule has 1 aromatic carbocycles. The van der Waals surface area contributed by atoms with E-state index in [0.29, 0.717) is 11.8 Å². The van der Waals surface area contributed by atoms with Gasteiger partial charge in [-0.15, -0.1) is 0 Å². The molecule has 0 saturated heterocycles. The average Bonchev–Trinajstić information content (AvgIpc) is 2.27. The van der Waals surface area contributed by atoms with Gasteiger partial charge in [-0.25, -0.2) is 9.97 Å². The van der Waals surface area contributed by atoms with E-state index in [2.05, 4.69) is 9.97 Å². The molecule has 4 nitrogen and oxygen atoms in total. The molecule has 0 fully saturated rings. The van der Waals surface area contributed by atoms with E-state index in [9.17, 15) is 0 Å². The van der Waals surface area contributed by atoms with Gasteiger partial charge in [0.1, 0.15) is 5.75 Å². The molecule has 0 aliphatic carbocycles. The first-order valence-corrected chi connectivity index (χ1v) is 4.98. The van der Waals surface area contributed by atoms with Crippen molar-refractivity contribution < 1.29 is 4.74 Å². The highest BCUT2D eigenvalue weighted by atomic mass is 16.5. The number of hydrogen-bond donors (Lipinski definition) is 1. The molecule has 2 N–H and O–H groups in total. The van der Waals surface area contributed by atoms with E-state index in [1.807, 2.05) is 19.9 Å². The maximum Gasteiger partial charge on any atom is 0.321 e. The van der Waals surface area contributed by atoms with Crippen molar-refractivity contribution in [2.75, 3.05) is 5.73 Å². The lowest BCUT2D eigenvalue weighted by Gasteiger charge is -2.05. The van der Waals surface area contributed by atoms with E-state index in [4.69, 9.17) is 10.5 Å². The highest BCUT2D eigenvalue weighted by molar-refractivity contribution is 5.49. The molecule has 0 unspecified atom stereocenters. The maximum absolute atomic E-state index is 5.72. The summed E-state index contributed by atoms with van der Waals surface area (Å²) in [5, 5.41) is 0. The zero-order valence-corrected chi connectivity index (χ0v) is 9.27. The minimum absolute atomic E-state index is 0.342. The van der Waals surface area contributed by atoms with Gasteiger partial charge in [0, 0.05) is 18.1 Å². The van der Waals surface area contributed by atoms with Gasteiger partial charge in [-0.05, 0) is 43.2 Å². The van der Waals surface area contributed by atoms with Crippen LogP contribution in [-0.4, -0.2) is 9.97 Å². The van der Waals surface area contributed by atoms with Gasteiger partial charge in [0.2, 0.25) is 0 Å². The lowest BCUT2D eigenvalue weighted by molar-refractivity contribution is 0.441. The highest BCUT2D eigenvalue weighted by Gasteiger charge is 2.01. The number of rotatable bonds is 2. The summed E-state index contributed by atoms with van der Waals surface area (Å²) in [6.07, 6.45) is 3.43. The van der Waals surface area contributed by atoms with Crippen LogP contribution in [0, 0.1) is 13.8 Å². The molecule has 1 aromatic heterocycles. The molecule has 4 heteroatoms. The van der Waals surface area contributed by atoms with Crippen LogP contribution in [-0.2, 0) is 0 Å². The molecular weight excluding hydrogens is 202 g/mol. The van der Waals surface area contributed by atoms with Gasteiger partial charge in [0.25, 0.3) is 0 Å². The zero-order chi connectivity index (χ0) is 11.5. The lowest BCUT2D eigenvalue weighted by atomic mass is 10.2. The van der Waals surface area contributed by atoms with E-state index in [0.717, 1.165) is 16.8 Å². The lowest BCUT2D eigenvalue weighted by Crippen LogP contribution is -1.94. The minimum Gasteiger partial charge on any atom is -0.424 e. The molecule has 0 amide bonds. The summed E-state index contributed by atoms with van der Waals surface area (Å²) in [5.41, 5.74) is 8.44. The molecule has 0 saturated carbocycles. The van der Waals surface area contributed by atoms with Crippen molar-refractivity contribution in [1.29, 1.82) is 0 Å². The van der Waals surface area contributed by atoms with E-state index in [1.54, 1.807) is 24.5 Å². The number of aryl methyl sites for hydroxylation is 2. The second-order valence-corrected chi connectivity index (χ2v) is 3.66. The first-order chi connectivity index (χ1) is 7.65. The van der Waals surface area contributed by atoms with Crippen molar-refractivity contribution in [3.05, 3.63) is 41.7 Å². The maximum atomic E-state index is 5.72. The smallest absolute Gasteiger partial charge is 0.321 e. The van der Waals surface area contributed by atoms with Crippen LogP contribution in [0.2, 0.25) is 0 Å². The second-order valence-electron chi connectivity index (χ2n) is 3.66. The van der Waals surface area contributed by atoms with Crippen molar-refractivity contribution in [2.45, 2.75) is 13.8 Å². The third-order valence-corrected chi connectivity index (χ3v) is 2.21. The Balaban J connectivity index is 2.20. The van der Waals surface area contributed by atoms with Crippen molar-refractivity contribution in [3.63, 3.8) is 0 Å². The Morgan fingerprint density at radius 2 is 1.81 bits per heavy atom. The Morgan fingerprint density at radius 3 is 2.44 bits per heavy atom. The van der Waals surface area contributed by atoms with Gasteiger partial charge in [0.05, 0.1) is 0 Å². The van der Waals surface area contributed by atoms with Gasteiger partial charge < -0.3 is 10.5 Å². The summed E-state index contributed by atoms with van der Waals surface area (Å²) in [5.74, 6) is 0.690. The molecule has 0 atom stereocenters. The molecule has 82 valence electrons. The number of nitrogens with two attached hydrogens (primary N) is 1. The van der Waals surface area contributed by atoms with Crippen LogP contribution >= 0.6 is 0 Å². The summed E-state index contributed by atoms with van der Waals surface area (Å²) in [4.78, 5) is 8.12. The van der Waals surface area contributed by atoms with Crippen LogP contribution in [0.3, 0.4) is 0 Å². The van der Waals surface area contributed by atoms with Crippen LogP contribution in [0.25, 0.3) is 0 Å². The van der Waals surface area contributed by atoms with Crippen molar-refractivity contribution in [2.24, 2.45) is 0 Å². The quantitative estimate of drug-likeness (QED) is 0.782. The third kappa shape index (κ3) is 2.28. The molecule has 1 heterocycles. The largest absolute Gasteiger partial charge is 0.424 e. The first kappa shape index (κ1) is 10.4. The number of benzene rings is 1. The van der Waals surface area contributed by atoms with E-state index >= 15 is 0 Å². The number of aromatic nitrogens is 2. The molecule has 16 heavy (non-hydrogen) atoms. The predicted molar refractivity (Wildman–Crippen MR) is 62.4 cm³/mol. The van der Waals surface area contributed by atoms with Gasteiger partial charge >= 0.3 is 6.01 Å². The minimum atomic E-state index is 0.342. The van der Waals surface area contributed by atoms with Gasteiger partial charge in [-0.3, -0.25) is 0 Å². The van der Waals surface area contributed by atoms with E-state index in [1.165, 1.54) is 0 Å². The second kappa shape index (κ2) is 4.18. The zero-order valence-electron chi connectivity index (χ0n) is 9.27. The molecule has 0 aliphatic heterocycles. The van der Waals surface area contributed by atoms with Crippen LogP contribution in [0.15, 0.2) is 30.6 Å². The molecule has 0 bridgehead atoms. The fourth-order valence-corrected chi connectivity index (χ4v) is 1.25. The van der Waals surface area contributed by atoms with Crippen LogP contribution in [0.4, 0.5) is 5.69 Å². The van der Waals surface area contributed by atoms with E-state index in [-0.39, 0.29) is 0 Å². The standard InChI is InChI=1S/C12H13N3O/c1-8-6-14-12(15-7-8)16-10-3-4-11(13)9(2)5-10/h3-7H,13H2,1-2H3. The highest BCUT2D eigenvalue weighted by Crippen LogP contribution is 2.22. The number of hydrogen-bond acceptors (Lipinski definition) is 4. The number of ether oxygens (including phenoxy) is 1. The summed E-state index contributed by atoms with van der Waals surface area (Å²) in [6.45, 7) is 3.86. The number of nitrogens with zero attached hydrogens (tertiary/aromatic N) is 2.